The van der Waals surface area contributed by atoms with Crippen molar-refractivity contribution < 1.29 is 22.7 Å². The largest absolute Gasteiger partial charge is 0.495 e. The average molecular weight is 612 g/mol. The Bertz CT molecular complexity index is 1470. The van der Waals surface area contributed by atoms with Crippen LogP contribution in [-0.2, 0) is 26.2 Å². The molecule has 4 rings (SSSR count). The van der Waals surface area contributed by atoms with E-state index in [-0.39, 0.29) is 29.1 Å². The van der Waals surface area contributed by atoms with E-state index in [1.54, 1.807) is 60.7 Å². The summed E-state index contributed by atoms with van der Waals surface area (Å²) >= 11 is 6.10. The number of anilines is 1. The first-order valence-electron chi connectivity index (χ1n) is 14.2. The lowest BCUT2D eigenvalue weighted by Crippen LogP contribution is -2.53. The zero-order chi connectivity index (χ0) is 30.3. The van der Waals surface area contributed by atoms with E-state index in [2.05, 4.69) is 5.32 Å². The highest BCUT2D eigenvalue weighted by molar-refractivity contribution is 7.92. The highest BCUT2D eigenvalue weighted by Crippen LogP contribution is 2.33. The van der Waals surface area contributed by atoms with Crippen molar-refractivity contribution in [3.8, 4) is 5.75 Å². The van der Waals surface area contributed by atoms with Crippen molar-refractivity contribution in [1.82, 2.24) is 10.2 Å². The number of methoxy groups -OCH3 is 1. The molecule has 8 nitrogen and oxygen atoms in total. The third kappa shape index (κ3) is 7.44. The number of halogens is 1. The summed E-state index contributed by atoms with van der Waals surface area (Å²) in [4.78, 5) is 29.3. The lowest BCUT2D eigenvalue weighted by atomic mass is 10.1. The molecule has 0 bridgehead atoms. The van der Waals surface area contributed by atoms with Crippen molar-refractivity contribution in [3.05, 3.63) is 88.9 Å². The van der Waals surface area contributed by atoms with Crippen LogP contribution < -0.4 is 14.4 Å². The summed E-state index contributed by atoms with van der Waals surface area (Å²) in [5.74, 6) is -0.451. The number of hydrogen-bond acceptors (Lipinski definition) is 5. The zero-order valence-electron chi connectivity index (χ0n) is 24.3. The summed E-state index contributed by atoms with van der Waals surface area (Å²) in [6.07, 6.45) is 4.28. The molecule has 2 amide bonds. The quantitative estimate of drug-likeness (QED) is 0.283. The Morgan fingerprint density at radius 1 is 1.00 bits per heavy atom. The van der Waals surface area contributed by atoms with Gasteiger partial charge in [-0.3, -0.25) is 13.9 Å². The van der Waals surface area contributed by atoms with Crippen molar-refractivity contribution in [2.24, 2.45) is 0 Å². The van der Waals surface area contributed by atoms with Crippen LogP contribution in [0.3, 0.4) is 0 Å². The first-order chi connectivity index (χ1) is 20.1. The fourth-order valence-corrected chi connectivity index (χ4v) is 6.81. The third-order valence-electron chi connectivity index (χ3n) is 7.60. The highest BCUT2D eigenvalue weighted by atomic mass is 35.5. The van der Waals surface area contributed by atoms with Gasteiger partial charge >= 0.3 is 0 Å². The van der Waals surface area contributed by atoms with Crippen LogP contribution in [0.4, 0.5) is 5.69 Å². The van der Waals surface area contributed by atoms with Gasteiger partial charge in [-0.05, 0) is 68.1 Å². The standard InChI is InChI=1S/C32H38ClN3O5S/c1-4-28(32(38)34-26-9-5-6-10-26)35(21-24-15-17-25(33)18-16-24)31(37)22-36(29-11-7-8-12-30(29)41-3)42(39,40)27-19-13-23(2)14-20-27/h7-8,11-20,26,28H,4-6,9-10,21-22H2,1-3H3,(H,34,38)/t28-/m1/s1. The molecule has 3 aromatic carbocycles. The SMILES string of the molecule is CC[C@H](C(=O)NC1CCCC1)N(Cc1ccc(Cl)cc1)C(=O)CN(c1ccccc1OC)S(=O)(=O)c1ccc(C)cc1. The minimum atomic E-state index is -4.19. The van der Waals surface area contributed by atoms with Crippen molar-refractivity contribution in [2.75, 3.05) is 18.0 Å². The van der Waals surface area contributed by atoms with Gasteiger partial charge in [0.05, 0.1) is 17.7 Å². The van der Waals surface area contributed by atoms with Crippen LogP contribution in [0.1, 0.15) is 50.2 Å². The fraction of sp³-hybridized carbons (Fsp3) is 0.375. The number of amides is 2. The number of aryl methyl sites for hydroxylation is 1. The molecule has 0 unspecified atom stereocenters. The van der Waals surface area contributed by atoms with Gasteiger partial charge < -0.3 is 15.0 Å². The van der Waals surface area contributed by atoms with E-state index in [1.165, 1.54) is 24.1 Å². The van der Waals surface area contributed by atoms with Gasteiger partial charge in [0, 0.05) is 17.6 Å². The van der Waals surface area contributed by atoms with E-state index in [1.807, 2.05) is 13.8 Å². The number of carbonyl (C=O) groups excluding carboxylic acids is 2. The summed E-state index contributed by atoms with van der Waals surface area (Å²) < 4.78 is 34.7. The molecule has 1 N–H and O–H groups in total. The molecule has 1 aliphatic rings. The van der Waals surface area contributed by atoms with Crippen LogP contribution in [-0.4, -0.2) is 50.9 Å². The number of ether oxygens (including phenoxy) is 1. The van der Waals surface area contributed by atoms with Crippen LogP contribution in [0.25, 0.3) is 0 Å². The Morgan fingerprint density at radius 3 is 2.26 bits per heavy atom. The van der Waals surface area contributed by atoms with E-state index in [0.717, 1.165) is 41.1 Å². The van der Waals surface area contributed by atoms with Crippen LogP contribution in [0.15, 0.2) is 77.7 Å². The second kappa shape index (κ2) is 14.1. The van der Waals surface area contributed by atoms with Crippen LogP contribution in [0, 0.1) is 6.92 Å². The first-order valence-corrected chi connectivity index (χ1v) is 16.0. The maximum absolute atomic E-state index is 14.2. The van der Waals surface area contributed by atoms with Crippen LogP contribution in [0.5, 0.6) is 5.75 Å². The van der Waals surface area contributed by atoms with Gasteiger partial charge in [-0.2, -0.15) is 0 Å². The number of para-hydroxylation sites is 2. The van der Waals surface area contributed by atoms with E-state index >= 15 is 0 Å². The van der Waals surface area contributed by atoms with Gasteiger partial charge in [-0.15, -0.1) is 0 Å². The minimum absolute atomic E-state index is 0.0436. The molecule has 224 valence electrons. The summed E-state index contributed by atoms with van der Waals surface area (Å²) in [5, 5.41) is 3.67. The topological polar surface area (TPSA) is 96.0 Å². The van der Waals surface area contributed by atoms with Crippen molar-refractivity contribution in [2.45, 2.75) is 69.5 Å². The molecule has 42 heavy (non-hydrogen) atoms. The molecule has 1 aliphatic carbocycles. The maximum atomic E-state index is 14.2. The Morgan fingerprint density at radius 2 is 1.64 bits per heavy atom. The van der Waals surface area contributed by atoms with E-state index < -0.39 is 28.5 Å². The summed E-state index contributed by atoms with van der Waals surface area (Å²) in [6.45, 7) is 3.30. The molecule has 1 atom stereocenters. The summed E-state index contributed by atoms with van der Waals surface area (Å²) in [6, 6.07) is 19.5. The number of carbonyl (C=O) groups is 2. The molecule has 1 saturated carbocycles. The second-order valence-electron chi connectivity index (χ2n) is 10.6. The number of sulfonamides is 1. The highest BCUT2D eigenvalue weighted by Gasteiger charge is 2.35. The van der Waals surface area contributed by atoms with Gasteiger partial charge in [-0.1, -0.05) is 73.3 Å². The number of nitrogens with zero attached hydrogens (tertiary/aromatic N) is 2. The van der Waals surface area contributed by atoms with Crippen molar-refractivity contribution >= 4 is 39.1 Å². The monoisotopic (exact) mass is 611 g/mol. The third-order valence-corrected chi connectivity index (χ3v) is 9.62. The normalized spacial score (nSPS) is 14.3. The molecular formula is C32H38ClN3O5S. The number of hydrogen-bond donors (Lipinski definition) is 1. The molecule has 0 heterocycles. The molecule has 0 spiro atoms. The minimum Gasteiger partial charge on any atom is -0.495 e. The van der Waals surface area contributed by atoms with E-state index in [9.17, 15) is 18.0 Å². The van der Waals surface area contributed by atoms with Gasteiger partial charge in [-0.25, -0.2) is 8.42 Å². The number of rotatable bonds is 12. The molecule has 3 aromatic rings. The van der Waals surface area contributed by atoms with Gasteiger partial charge in [0.2, 0.25) is 11.8 Å². The molecular weight excluding hydrogens is 574 g/mol. The summed E-state index contributed by atoms with van der Waals surface area (Å²) in [5.41, 5.74) is 1.90. The summed E-state index contributed by atoms with van der Waals surface area (Å²) in [7, 11) is -2.74. The van der Waals surface area contributed by atoms with E-state index in [0.29, 0.717) is 17.2 Å². The van der Waals surface area contributed by atoms with Gasteiger partial charge in [0.25, 0.3) is 10.0 Å². The Hall–Kier alpha value is -3.56. The van der Waals surface area contributed by atoms with Crippen molar-refractivity contribution in [3.63, 3.8) is 0 Å². The zero-order valence-corrected chi connectivity index (χ0v) is 25.8. The predicted molar refractivity (Wildman–Crippen MR) is 165 cm³/mol. The lowest BCUT2D eigenvalue weighted by molar-refractivity contribution is -0.140. The van der Waals surface area contributed by atoms with E-state index in [4.69, 9.17) is 16.3 Å². The molecule has 10 heteroatoms. The Balaban J connectivity index is 1.74. The molecule has 0 aliphatic heterocycles. The first kappa shape index (κ1) is 31.4. The predicted octanol–water partition coefficient (Wildman–Crippen LogP) is 5.72. The maximum Gasteiger partial charge on any atom is 0.264 e. The van der Waals surface area contributed by atoms with Crippen LogP contribution >= 0.6 is 11.6 Å². The molecule has 0 saturated heterocycles. The molecule has 0 aromatic heterocycles. The fourth-order valence-electron chi connectivity index (χ4n) is 5.26. The van der Waals surface area contributed by atoms with Crippen molar-refractivity contribution in [1.29, 1.82) is 0 Å². The molecule has 0 radical (unpaired) electrons. The molecule has 1 fully saturated rings. The number of nitrogens with one attached hydrogen (secondary N) is 1. The Labute approximate surface area is 253 Å². The van der Waals surface area contributed by atoms with Gasteiger partial charge in [0.15, 0.2) is 0 Å². The second-order valence-corrected chi connectivity index (χ2v) is 12.9. The van der Waals surface area contributed by atoms with Crippen LogP contribution in [0.2, 0.25) is 5.02 Å². The average Bonchev–Trinajstić information content (AvgIpc) is 3.50. The lowest BCUT2D eigenvalue weighted by Gasteiger charge is -2.34. The smallest absolute Gasteiger partial charge is 0.264 e. The number of benzene rings is 3. The van der Waals surface area contributed by atoms with Gasteiger partial charge in [0.1, 0.15) is 18.3 Å². The Kier molecular flexibility index (Phi) is 10.5.